The molecule has 178 valence electrons. The van der Waals surface area contributed by atoms with Crippen molar-refractivity contribution in [2.45, 2.75) is 20.4 Å². The minimum Gasteiger partial charge on any atom is -0.497 e. The fourth-order valence-electron chi connectivity index (χ4n) is 4.25. The van der Waals surface area contributed by atoms with Gasteiger partial charge in [-0.3, -0.25) is 14.3 Å². The molecule has 0 N–H and O–H groups in total. The second kappa shape index (κ2) is 9.99. The van der Waals surface area contributed by atoms with Crippen LogP contribution in [0.1, 0.15) is 37.7 Å². The Balaban J connectivity index is 1.40. The van der Waals surface area contributed by atoms with Crippen molar-refractivity contribution in [1.29, 1.82) is 0 Å². The Morgan fingerprint density at radius 1 is 0.882 bits per heavy atom. The van der Waals surface area contributed by atoms with Crippen LogP contribution in [0.5, 0.6) is 11.5 Å². The molecular weight excluding hydrogens is 432 g/mol. The van der Waals surface area contributed by atoms with Gasteiger partial charge in [0.15, 0.2) is 0 Å². The molecule has 1 aromatic heterocycles. The summed E-state index contributed by atoms with van der Waals surface area (Å²) in [5.74, 6) is 0.967. The average molecular weight is 463 g/mol. The lowest BCUT2D eigenvalue weighted by molar-refractivity contribution is 0.0533. The van der Waals surface area contributed by atoms with Crippen LogP contribution in [-0.4, -0.2) is 71.8 Å². The van der Waals surface area contributed by atoms with E-state index in [0.717, 1.165) is 17.0 Å². The zero-order chi connectivity index (χ0) is 24.2. The number of piperazine rings is 1. The van der Waals surface area contributed by atoms with Crippen molar-refractivity contribution in [3.05, 3.63) is 76.6 Å². The van der Waals surface area contributed by atoms with Crippen molar-refractivity contribution in [3.63, 3.8) is 0 Å². The molecule has 2 heterocycles. The number of amides is 2. The van der Waals surface area contributed by atoms with Crippen LogP contribution >= 0.6 is 0 Å². The second-order valence-corrected chi connectivity index (χ2v) is 8.44. The number of hydrogen-bond acceptors (Lipinski definition) is 5. The van der Waals surface area contributed by atoms with E-state index in [0.29, 0.717) is 55.3 Å². The summed E-state index contributed by atoms with van der Waals surface area (Å²) in [5.41, 5.74) is 4.22. The Morgan fingerprint density at radius 3 is 2.21 bits per heavy atom. The predicted molar refractivity (Wildman–Crippen MR) is 129 cm³/mol. The summed E-state index contributed by atoms with van der Waals surface area (Å²) in [6, 6.07) is 14.9. The first kappa shape index (κ1) is 23.4. The molecule has 0 aliphatic carbocycles. The van der Waals surface area contributed by atoms with Crippen LogP contribution in [0.2, 0.25) is 0 Å². The van der Waals surface area contributed by atoms with Gasteiger partial charge in [-0.05, 0) is 49.7 Å². The van der Waals surface area contributed by atoms with Gasteiger partial charge in [0.25, 0.3) is 11.8 Å². The van der Waals surface area contributed by atoms with Crippen molar-refractivity contribution < 1.29 is 19.1 Å². The smallest absolute Gasteiger partial charge is 0.257 e. The van der Waals surface area contributed by atoms with Gasteiger partial charge < -0.3 is 19.3 Å². The van der Waals surface area contributed by atoms with Crippen LogP contribution in [0.25, 0.3) is 0 Å². The molecule has 2 aromatic carbocycles. The van der Waals surface area contributed by atoms with Crippen LogP contribution in [0.4, 0.5) is 0 Å². The molecule has 8 nitrogen and oxygen atoms in total. The maximum absolute atomic E-state index is 13.2. The summed E-state index contributed by atoms with van der Waals surface area (Å²) in [6.45, 7) is 6.49. The summed E-state index contributed by atoms with van der Waals surface area (Å²) < 4.78 is 12.5. The Kier molecular flexibility index (Phi) is 6.86. The van der Waals surface area contributed by atoms with Crippen molar-refractivity contribution in [3.8, 4) is 11.5 Å². The molecule has 2 amide bonds. The number of nitrogens with zero attached hydrogens (tertiary/aromatic N) is 4. The number of benzene rings is 2. The average Bonchev–Trinajstić information content (AvgIpc) is 3.19. The molecule has 0 radical (unpaired) electrons. The van der Waals surface area contributed by atoms with Crippen LogP contribution in [0.3, 0.4) is 0 Å². The Bertz CT molecular complexity index is 1200. The van der Waals surface area contributed by atoms with Gasteiger partial charge in [0.1, 0.15) is 11.5 Å². The molecule has 0 bridgehead atoms. The molecule has 0 spiro atoms. The number of rotatable bonds is 6. The van der Waals surface area contributed by atoms with E-state index in [1.165, 1.54) is 7.11 Å². The van der Waals surface area contributed by atoms with E-state index in [4.69, 9.17) is 9.47 Å². The highest BCUT2D eigenvalue weighted by Crippen LogP contribution is 2.26. The van der Waals surface area contributed by atoms with Gasteiger partial charge in [-0.2, -0.15) is 5.10 Å². The van der Waals surface area contributed by atoms with Crippen molar-refractivity contribution >= 4 is 11.8 Å². The molecule has 1 aliphatic heterocycles. The summed E-state index contributed by atoms with van der Waals surface area (Å²) in [7, 11) is 3.10. The van der Waals surface area contributed by atoms with E-state index >= 15 is 0 Å². The molecule has 4 rings (SSSR count). The molecule has 0 unspecified atom stereocenters. The monoisotopic (exact) mass is 462 g/mol. The highest BCUT2D eigenvalue weighted by molar-refractivity contribution is 5.98. The van der Waals surface area contributed by atoms with E-state index in [9.17, 15) is 9.59 Å². The normalized spacial score (nSPS) is 13.6. The van der Waals surface area contributed by atoms with E-state index in [2.05, 4.69) is 5.10 Å². The predicted octanol–water partition coefficient (Wildman–Crippen LogP) is 3.16. The van der Waals surface area contributed by atoms with Gasteiger partial charge in [0.2, 0.25) is 0 Å². The molecule has 3 aromatic rings. The van der Waals surface area contributed by atoms with Gasteiger partial charge in [-0.1, -0.05) is 12.1 Å². The molecule has 8 heteroatoms. The van der Waals surface area contributed by atoms with Gasteiger partial charge in [0, 0.05) is 43.5 Å². The lowest BCUT2D eigenvalue weighted by Gasteiger charge is -2.35. The molecule has 1 aliphatic rings. The van der Waals surface area contributed by atoms with Crippen LogP contribution in [0.15, 0.2) is 48.5 Å². The van der Waals surface area contributed by atoms with Crippen molar-refractivity contribution in [1.82, 2.24) is 19.6 Å². The van der Waals surface area contributed by atoms with Crippen molar-refractivity contribution in [2.75, 3.05) is 40.4 Å². The third-order valence-corrected chi connectivity index (χ3v) is 6.10. The van der Waals surface area contributed by atoms with Gasteiger partial charge in [-0.15, -0.1) is 0 Å². The highest BCUT2D eigenvalue weighted by Gasteiger charge is 2.27. The fraction of sp³-hybridized carbons (Fsp3) is 0.346. The molecule has 1 fully saturated rings. The number of ether oxygens (including phenoxy) is 2. The minimum absolute atomic E-state index is 0.0238. The third kappa shape index (κ3) is 4.90. The Hall–Kier alpha value is -3.81. The number of carbonyl (C=O) groups excluding carboxylic acids is 2. The first-order chi connectivity index (χ1) is 16.4. The summed E-state index contributed by atoms with van der Waals surface area (Å²) >= 11 is 0. The molecule has 0 atom stereocenters. The quantitative estimate of drug-likeness (QED) is 0.563. The topological polar surface area (TPSA) is 76.9 Å². The number of hydrogen-bond donors (Lipinski definition) is 0. The van der Waals surface area contributed by atoms with Crippen LogP contribution in [0, 0.1) is 13.8 Å². The largest absolute Gasteiger partial charge is 0.497 e. The summed E-state index contributed by atoms with van der Waals surface area (Å²) in [5, 5.41) is 4.51. The van der Waals surface area contributed by atoms with E-state index in [1.807, 2.05) is 48.9 Å². The van der Waals surface area contributed by atoms with Crippen LogP contribution in [-0.2, 0) is 6.54 Å². The molecule has 0 saturated carbocycles. The first-order valence-electron chi connectivity index (χ1n) is 11.3. The maximum Gasteiger partial charge on any atom is 0.257 e. The highest BCUT2D eigenvalue weighted by atomic mass is 16.5. The van der Waals surface area contributed by atoms with Gasteiger partial charge in [0.05, 0.1) is 32.0 Å². The van der Waals surface area contributed by atoms with Gasteiger partial charge >= 0.3 is 0 Å². The standard InChI is InChI=1S/C26H30N4O4/c1-18-14-19(2)30(27-18)17-20-6-5-7-21(15-20)25(31)28-10-12-29(13-11-28)26(32)23-9-8-22(33-3)16-24(23)34-4/h5-9,14-16H,10-13,17H2,1-4H3. The zero-order valence-corrected chi connectivity index (χ0v) is 20.1. The van der Waals surface area contributed by atoms with E-state index in [-0.39, 0.29) is 11.8 Å². The van der Waals surface area contributed by atoms with Gasteiger partial charge in [-0.25, -0.2) is 0 Å². The van der Waals surface area contributed by atoms with E-state index in [1.54, 1.807) is 35.1 Å². The lowest BCUT2D eigenvalue weighted by Crippen LogP contribution is -2.50. The minimum atomic E-state index is -0.113. The summed E-state index contributed by atoms with van der Waals surface area (Å²) in [6.07, 6.45) is 0. The number of aromatic nitrogens is 2. The summed E-state index contributed by atoms with van der Waals surface area (Å²) in [4.78, 5) is 29.8. The SMILES string of the molecule is COc1ccc(C(=O)N2CCN(C(=O)c3cccc(Cn4nc(C)cc4C)c3)CC2)c(OC)c1. The van der Waals surface area contributed by atoms with E-state index < -0.39 is 0 Å². The maximum atomic E-state index is 13.2. The third-order valence-electron chi connectivity index (χ3n) is 6.10. The van der Waals surface area contributed by atoms with Crippen LogP contribution < -0.4 is 9.47 Å². The Labute approximate surface area is 199 Å². The number of carbonyl (C=O) groups is 2. The Morgan fingerprint density at radius 2 is 1.59 bits per heavy atom. The van der Waals surface area contributed by atoms with Crippen molar-refractivity contribution in [2.24, 2.45) is 0 Å². The molecule has 1 saturated heterocycles. The zero-order valence-electron chi connectivity index (χ0n) is 20.1. The first-order valence-corrected chi connectivity index (χ1v) is 11.3. The number of methoxy groups -OCH3 is 2. The molecule has 34 heavy (non-hydrogen) atoms. The fourth-order valence-corrected chi connectivity index (χ4v) is 4.25. The lowest BCUT2D eigenvalue weighted by atomic mass is 10.1. The molecular formula is C26H30N4O4. The second-order valence-electron chi connectivity index (χ2n) is 8.44. The number of aryl methyl sites for hydroxylation is 2.